The van der Waals surface area contributed by atoms with Crippen molar-refractivity contribution in [1.82, 2.24) is 0 Å². The molecule has 1 fully saturated rings. The maximum atomic E-state index is 5.86. The SMILES string of the molecule is Nc1ccc2c(c1)N(CCC1CSC1)CC2. The van der Waals surface area contributed by atoms with Crippen LogP contribution in [0, 0.1) is 5.92 Å². The summed E-state index contributed by atoms with van der Waals surface area (Å²) in [6.45, 7) is 2.39. The number of nitrogen functional groups attached to an aromatic ring is 1. The number of nitrogens with two attached hydrogens (primary N) is 1. The number of benzene rings is 1. The van der Waals surface area contributed by atoms with Crippen molar-refractivity contribution in [3.05, 3.63) is 23.8 Å². The van der Waals surface area contributed by atoms with Crippen LogP contribution in [0.5, 0.6) is 0 Å². The van der Waals surface area contributed by atoms with Crippen LogP contribution >= 0.6 is 11.8 Å². The average molecular weight is 234 g/mol. The summed E-state index contributed by atoms with van der Waals surface area (Å²) in [7, 11) is 0. The Bertz CT molecular complexity index is 388. The minimum Gasteiger partial charge on any atom is -0.399 e. The lowest BCUT2D eigenvalue weighted by Gasteiger charge is -2.28. The molecular formula is C13H18N2S. The maximum absolute atomic E-state index is 5.86. The molecule has 2 heterocycles. The van der Waals surface area contributed by atoms with Gasteiger partial charge in [-0.15, -0.1) is 0 Å². The van der Waals surface area contributed by atoms with Gasteiger partial charge in [0.15, 0.2) is 0 Å². The lowest BCUT2D eigenvalue weighted by molar-refractivity contribution is 0.571. The van der Waals surface area contributed by atoms with Gasteiger partial charge >= 0.3 is 0 Å². The van der Waals surface area contributed by atoms with Crippen molar-refractivity contribution < 1.29 is 0 Å². The van der Waals surface area contributed by atoms with E-state index < -0.39 is 0 Å². The van der Waals surface area contributed by atoms with Crippen LogP contribution in [0.3, 0.4) is 0 Å². The first-order valence-corrected chi connectivity index (χ1v) is 7.19. The number of thioether (sulfide) groups is 1. The zero-order valence-electron chi connectivity index (χ0n) is 9.48. The fourth-order valence-electron chi connectivity index (χ4n) is 2.48. The van der Waals surface area contributed by atoms with Gasteiger partial charge in [0.05, 0.1) is 0 Å². The number of rotatable bonds is 3. The van der Waals surface area contributed by atoms with E-state index in [1.165, 1.54) is 48.7 Å². The highest BCUT2D eigenvalue weighted by Gasteiger charge is 2.22. The van der Waals surface area contributed by atoms with E-state index in [-0.39, 0.29) is 0 Å². The summed E-state index contributed by atoms with van der Waals surface area (Å²) in [5.41, 5.74) is 9.60. The van der Waals surface area contributed by atoms with Gasteiger partial charge in [0, 0.05) is 24.5 Å². The summed E-state index contributed by atoms with van der Waals surface area (Å²) < 4.78 is 0. The summed E-state index contributed by atoms with van der Waals surface area (Å²) in [6.07, 6.45) is 2.54. The molecule has 3 heteroatoms. The Morgan fingerprint density at radius 1 is 1.38 bits per heavy atom. The molecule has 16 heavy (non-hydrogen) atoms. The van der Waals surface area contributed by atoms with E-state index in [0.29, 0.717) is 0 Å². The van der Waals surface area contributed by atoms with Crippen LogP contribution in [0.4, 0.5) is 11.4 Å². The molecule has 0 atom stereocenters. The smallest absolute Gasteiger partial charge is 0.0420 e. The minimum absolute atomic E-state index is 0.893. The van der Waals surface area contributed by atoms with Crippen molar-refractivity contribution in [2.24, 2.45) is 5.92 Å². The highest BCUT2D eigenvalue weighted by molar-refractivity contribution is 8.00. The van der Waals surface area contributed by atoms with Gasteiger partial charge in [-0.3, -0.25) is 0 Å². The zero-order valence-corrected chi connectivity index (χ0v) is 10.3. The van der Waals surface area contributed by atoms with Gasteiger partial charge in [0.1, 0.15) is 0 Å². The molecule has 2 N–H and O–H groups in total. The Balaban J connectivity index is 1.67. The Hall–Kier alpha value is -0.830. The van der Waals surface area contributed by atoms with Crippen LogP contribution in [0.1, 0.15) is 12.0 Å². The molecule has 2 aliphatic heterocycles. The quantitative estimate of drug-likeness (QED) is 0.814. The molecule has 0 spiro atoms. The van der Waals surface area contributed by atoms with E-state index in [9.17, 15) is 0 Å². The fourth-order valence-corrected chi connectivity index (χ4v) is 3.39. The van der Waals surface area contributed by atoms with E-state index in [1.807, 2.05) is 6.07 Å². The van der Waals surface area contributed by atoms with Crippen molar-refractivity contribution in [2.45, 2.75) is 12.8 Å². The fraction of sp³-hybridized carbons (Fsp3) is 0.538. The van der Waals surface area contributed by atoms with Gasteiger partial charge in [0.25, 0.3) is 0 Å². The molecule has 1 aromatic carbocycles. The largest absolute Gasteiger partial charge is 0.399 e. The summed E-state index contributed by atoms with van der Waals surface area (Å²) in [6, 6.07) is 6.34. The highest BCUT2D eigenvalue weighted by atomic mass is 32.2. The normalized spacial score (nSPS) is 19.6. The minimum atomic E-state index is 0.893. The number of anilines is 2. The number of hydrogen-bond donors (Lipinski definition) is 1. The Labute approximate surface area is 101 Å². The Morgan fingerprint density at radius 3 is 3.00 bits per heavy atom. The molecular weight excluding hydrogens is 216 g/mol. The van der Waals surface area contributed by atoms with Crippen LogP contribution in [0.25, 0.3) is 0 Å². The van der Waals surface area contributed by atoms with Gasteiger partial charge in [-0.05, 0) is 48.0 Å². The van der Waals surface area contributed by atoms with Crippen LogP contribution in [0.15, 0.2) is 18.2 Å². The van der Waals surface area contributed by atoms with E-state index in [0.717, 1.165) is 11.6 Å². The van der Waals surface area contributed by atoms with Crippen molar-refractivity contribution in [2.75, 3.05) is 35.2 Å². The molecule has 2 nitrogen and oxygen atoms in total. The van der Waals surface area contributed by atoms with Crippen molar-refractivity contribution in [3.8, 4) is 0 Å². The van der Waals surface area contributed by atoms with Crippen molar-refractivity contribution in [1.29, 1.82) is 0 Å². The van der Waals surface area contributed by atoms with Gasteiger partial charge < -0.3 is 10.6 Å². The Kier molecular flexibility index (Phi) is 2.72. The number of fused-ring (bicyclic) bond motifs is 1. The third-order valence-corrected chi connectivity index (χ3v) is 5.03. The lowest BCUT2D eigenvalue weighted by atomic mass is 10.1. The first-order valence-electron chi connectivity index (χ1n) is 6.04. The maximum Gasteiger partial charge on any atom is 0.0420 e. The van der Waals surface area contributed by atoms with Crippen LogP contribution in [-0.4, -0.2) is 24.6 Å². The Morgan fingerprint density at radius 2 is 2.25 bits per heavy atom. The van der Waals surface area contributed by atoms with E-state index in [1.54, 1.807) is 0 Å². The highest BCUT2D eigenvalue weighted by Crippen LogP contribution is 2.32. The topological polar surface area (TPSA) is 29.3 Å². The summed E-state index contributed by atoms with van der Waals surface area (Å²) in [5, 5.41) is 0. The second-order valence-corrected chi connectivity index (χ2v) is 5.89. The van der Waals surface area contributed by atoms with E-state index in [4.69, 9.17) is 5.73 Å². The average Bonchev–Trinajstić information content (AvgIpc) is 2.59. The zero-order chi connectivity index (χ0) is 11.0. The first kappa shape index (κ1) is 10.3. The summed E-state index contributed by atoms with van der Waals surface area (Å²) in [5.74, 6) is 3.71. The molecule has 2 aliphatic rings. The molecule has 86 valence electrons. The van der Waals surface area contributed by atoms with Gasteiger partial charge in [-0.25, -0.2) is 0 Å². The summed E-state index contributed by atoms with van der Waals surface area (Å²) >= 11 is 2.08. The van der Waals surface area contributed by atoms with Crippen LogP contribution < -0.4 is 10.6 Å². The van der Waals surface area contributed by atoms with Gasteiger partial charge in [-0.2, -0.15) is 11.8 Å². The van der Waals surface area contributed by atoms with Crippen molar-refractivity contribution >= 4 is 23.1 Å². The van der Waals surface area contributed by atoms with Crippen LogP contribution in [0.2, 0.25) is 0 Å². The molecule has 1 saturated heterocycles. The second kappa shape index (κ2) is 4.21. The third-order valence-electron chi connectivity index (χ3n) is 3.62. The number of hydrogen-bond acceptors (Lipinski definition) is 3. The predicted octanol–water partition coefficient (Wildman–Crippen LogP) is 2.38. The van der Waals surface area contributed by atoms with E-state index >= 15 is 0 Å². The molecule has 3 rings (SSSR count). The lowest BCUT2D eigenvalue weighted by Crippen LogP contribution is -2.28. The van der Waals surface area contributed by atoms with Gasteiger partial charge in [-0.1, -0.05) is 6.07 Å². The van der Waals surface area contributed by atoms with Crippen molar-refractivity contribution in [3.63, 3.8) is 0 Å². The summed E-state index contributed by atoms with van der Waals surface area (Å²) in [4.78, 5) is 2.51. The second-order valence-electron chi connectivity index (χ2n) is 4.82. The molecule has 0 radical (unpaired) electrons. The molecule has 0 bridgehead atoms. The first-order chi connectivity index (χ1) is 7.83. The molecule has 0 unspecified atom stereocenters. The van der Waals surface area contributed by atoms with Crippen LogP contribution in [-0.2, 0) is 6.42 Å². The standard InChI is InChI=1S/C13H18N2S/c14-12-2-1-11-4-6-15(13(11)7-12)5-3-10-8-16-9-10/h1-2,7,10H,3-6,8-9,14H2. The third kappa shape index (κ3) is 1.88. The monoisotopic (exact) mass is 234 g/mol. The van der Waals surface area contributed by atoms with Gasteiger partial charge in [0.2, 0.25) is 0 Å². The molecule has 0 saturated carbocycles. The molecule has 0 aromatic heterocycles. The van der Waals surface area contributed by atoms with E-state index in [2.05, 4.69) is 28.8 Å². The molecule has 1 aromatic rings. The molecule has 0 aliphatic carbocycles. The molecule has 0 amide bonds. The number of nitrogens with zero attached hydrogens (tertiary/aromatic N) is 1. The predicted molar refractivity (Wildman–Crippen MR) is 72.2 cm³/mol.